The molecule has 0 aromatic rings. The largest absolute Gasteiger partial charge is 0.387 e. The standard InChI is InChI=1S/C13H20F2O/c14-12(15)11(16)7-13-4-8-1-9(5-13)3-10(2-8)6-13/h8-12,16H,1-7H2. The maximum atomic E-state index is 12.5. The summed E-state index contributed by atoms with van der Waals surface area (Å²) in [6, 6.07) is 0. The second kappa shape index (κ2) is 3.66. The van der Waals surface area contributed by atoms with Crippen molar-refractivity contribution in [3.05, 3.63) is 0 Å². The van der Waals surface area contributed by atoms with E-state index in [0.717, 1.165) is 37.0 Å². The van der Waals surface area contributed by atoms with Gasteiger partial charge in [0, 0.05) is 0 Å². The highest BCUT2D eigenvalue weighted by molar-refractivity contribution is 5.02. The van der Waals surface area contributed by atoms with E-state index in [2.05, 4.69) is 0 Å². The van der Waals surface area contributed by atoms with Gasteiger partial charge in [0.2, 0.25) is 0 Å². The number of halogens is 2. The summed E-state index contributed by atoms with van der Waals surface area (Å²) in [6.07, 6.45) is 3.66. The molecular weight excluding hydrogens is 210 g/mol. The van der Waals surface area contributed by atoms with Gasteiger partial charge in [-0.15, -0.1) is 0 Å². The molecule has 0 spiro atoms. The molecule has 1 N–H and O–H groups in total. The highest BCUT2D eigenvalue weighted by atomic mass is 19.3. The zero-order valence-corrected chi connectivity index (χ0v) is 9.54. The average molecular weight is 230 g/mol. The van der Waals surface area contributed by atoms with Gasteiger partial charge in [0.1, 0.15) is 6.10 Å². The van der Waals surface area contributed by atoms with Crippen molar-refractivity contribution in [2.24, 2.45) is 23.2 Å². The Labute approximate surface area is 95.2 Å². The molecule has 0 aromatic heterocycles. The summed E-state index contributed by atoms with van der Waals surface area (Å²) in [5.41, 5.74) is 0.0740. The highest BCUT2D eigenvalue weighted by Gasteiger charge is 2.51. The molecule has 0 aromatic carbocycles. The Morgan fingerprint density at radius 2 is 1.44 bits per heavy atom. The summed E-state index contributed by atoms with van der Waals surface area (Å²) in [6.45, 7) is 0. The van der Waals surface area contributed by atoms with Gasteiger partial charge in [-0.05, 0) is 68.1 Å². The van der Waals surface area contributed by atoms with Crippen molar-refractivity contribution >= 4 is 0 Å². The zero-order chi connectivity index (χ0) is 11.3. The van der Waals surface area contributed by atoms with Crippen LogP contribution in [0.5, 0.6) is 0 Å². The average Bonchev–Trinajstić information content (AvgIpc) is 2.13. The fourth-order valence-electron chi connectivity index (χ4n) is 5.07. The van der Waals surface area contributed by atoms with E-state index >= 15 is 0 Å². The van der Waals surface area contributed by atoms with E-state index in [1.54, 1.807) is 0 Å². The number of aliphatic hydroxyl groups excluding tert-OH is 1. The summed E-state index contributed by atoms with van der Waals surface area (Å²) >= 11 is 0. The van der Waals surface area contributed by atoms with Crippen molar-refractivity contribution in [1.82, 2.24) is 0 Å². The van der Waals surface area contributed by atoms with Gasteiger partial charge in [-0.1, -0.05) is 0 Å². The Bertz CT molecular complexity index is 242. The Morgan fingerprint density at radius 1 is 1.00 bits per heavy atom. The Kier molecular flexibility index (Phi) is 2.50. The maximum Gasteiger partial charge on any atom is 0.264 e. The molecule has 0 radical (unpaired) electrons. The van der Waals surface area contributed by atoms with E-state index in [-0.39, 0.29) is 5.41 Å². The molecule has 1 nitrogen and oxygen atoms in total. The van der Waals surface area contributed by atoms with Crippen molar-refractivity contribution in [2.75, 3.05) is 0 Å². The van der Waals surface area contributed by atoms with Gasteiger partial charge in [-0.25, -0.2) is 8.78 Å². The van der Waals surface area contributed by atoms with Crippen LogP contribution in [0.2, 0.25) is 0 Å². The number of hydrogen-bond donors (Lipinski definition) is 1. The Hall–Kier alpha value is -0.180. The number of aliphatic hydroxyl groups is 1. The third-order valence-electron chi connectivity index (χ3n) is 5.10. The van der Waals surface area contributed by atoms with E-state index in [1.165, 1.54) is 19.3 Å². The summed E-state index contributed by atoms with van der Waals surface area (Å²) < 4.78 is 24.9. The lowest BCUT2D eigenvalue weighted by Crippen LogP contribution is -2.47. The van der Waals surface area contributed by atoms with Crippen LogP contribution in [0.1, 0.15) is 44.9 Å². The minimum Gasteiger partial charge on any atom is -0.387 e. The van der Waals surface area contributed by atoms with Gasteiger partial charge in [0.25, 0.3) is 6.43 Å². The van der Waals surface area contributed by atoms with E-state index < -0.39 is 12.5 Å². The summed E-state index contributed by atoms with van der Waals surface area (Å²) in [5, 5.41) is 9.44. The first-order chi connectivity index (χ1) is 7.56. The molecule has 0 amide bonds. The van der Waals surface area contributed by atoms with Crippen LogP contribution in [0.25, 0.3) is 0 Å². The normalized spacial score (nSPS) is 47.6. The second-order valence-corrected chi connectivity index (χ2v) is 6.52. The predicted molar refractivity (Wildman–Crippen MR) is 57.2 cm³/mol. The SMILES string of the molecule is OC(CC12CC3CC(CC(C3)C1)C2)C(F)F. The molecular formula is C13H20F2O. The highest BCUT2D eigenvalue weighted by Crippen LogP contribution is 2.61. The van der Waals surface area contributed by atoms with Gasteiger partial charge in [-0.2, -0.15) is 0 Å². The molecule has 0 saturated heterocycles. The summed E-state index contributed by atoms with van der Waals surface area (Å²) in [4.78, 5) is 0. The first-order valence-electron chi connectivity index (χ1n) is 6.52. The molecule has 4 aliphatic carbocycles. The van der Waals surface area contributed by atoms with Gasteiger partial charge in [-0.3, -0.25) is 0 Å². The van der Waals surface area contributed by atoms with Crippen LogP contribution in [-0.2, 0) is 0 Å². The van der Waals surface area contributed by atoms with Crippen LogP contribution in [0.3, 0.4) is 0 Å². The predicted octanol–water partition coefficient (Wildman–Crippen LogP) is 3.22. The smallest absolute Gasteiger partial charge is 0.264 e. The zero-order valence-electron chi connectivity index (χ0n) is 9.54. The van der Waals surface area contributed by atoms with Crippen LogP contribution in [0, 0.1) is 23.2 Å². The quantitative estimate of drug-likeness (QED) is 0.789. The van der Waals surface area contributed by atoms with Crippen LogP contribution >= 0.6 is 0 Å². The molecule has 4 saturated carbocycles. The molecule has 16 heavy (non-hydrogen) atoms. The fraction of sp³-hybridized carbons (Fsp3) is 1.00. The molecule has 1 atom stereocenters. The van der Waals surface area contributed by atoms with Crippen LogP contribution in [-0.4, -0.2) is 17.6 Å². The molecule has 1 unspecified atom stereocenters. The van der Waals surface area contributed by atoms with E-state index in [4.69, 9.17) is 0 Å². The van der Waals surface area contributed by atoms with Crippen LogP contribution < -0.4 is 0 Å². The summed E-state index contributed by atoms with van der Waals surface area (Å²) in [5.74, 6) is 2.32. The number of alkyl halides is 2. The van der Waals surface area contributed by atoms with Gasteiger partial charge in [0.15, 0.2) is 0 Å². The molecule has 4 fully saturated rings. The molecule has 3 heteroatoms. The van der Waals surface area contributed by atoms with E-state index in [1.807, 2.05) is 0 Å². The minimum atomic E-state index is -2.56. The van der Waals surface area contributed by atoms with E-state index in [9.17, 15) is 13.9 Å². The van der Waals surface area contributed by atoms with Crippen LogP contribution in [0.4, 0.5) is 8.78 Å². The van der Waals surface area contributed by atoms with Crippen molar-refractivity contribution in [3.8, 4) is 0 Å². The van der Waals surface area contributed by atoms with Crippen molar-refractivity contribution in [1.29, 1.82) is 0 Å². The lowest BCUT2D eigenvalue weighted by atomic mass is 9.48. The minimum absolute atomic E-state index is 0.0740. The van der Waals surface area contributed by atoms with Crippen molar-refractivity contribution in [3.63, 3.8) is 0 Å². The van der Waals surface area contributed by atoms with Crippen molar-refractivity contribution in [2.45, 2.75) is 57.5 Å². The lowest BCUT2D eigenvalue weighted by molar-refractivity contribution is -0.101. The Balaban J connectivity index is 1.73. The molecule has 0 heterocycles. The fourth-order valence-corrected chi connectivity index (χ4v) is 5.07. The molecule has 4 bridgehead atoms. The van der Waals surface area contributed by atoms with Crippen LogP contribution in [0.15, 0.2) is 0 Å². The molecule has 0 aliphatic heterocycles. The van der Waals surface area contributed by atoms with Gasteiger partial charge >= 0.3 is 0 Å². The summed E-state index contributed by atoms with van der Waals surface area (Å²) in [7, 11) is 0. The monoisotopic (exact) mass is 230 g/mol. The topological polar surface area (TPSA) is 20.2 Å². The first-order valence-corrected chi connectivity index (χ1v) is 6.52. The first kappa shape index (κ1) is 10.9. The third kappa shape index (κ3) is 1.77. The van der Waals surface area contributed by atoms with Gasteiger partial charge in [0.05, 0.1) is 0 Å². The number of rotatable bonds is 3. The van der Waals surface area contributed by atoms with Gasteiger partial charge < -0.3 is 5.11 Å². The maximum absolute atomic E-state index is 12.5. The molecule has 4 rings (SSSR count). The Morgan fingerprint density at radius 3 is 1.81 bits per heavy atom. The number of hydrogen-bond acceptors (Lipinski definition) is 1. The lowest BCUT2D eigenvalue weighted by Gasteiger charge is -2.57. The third-order valence-corrected chi connectivity index (χ3v) is 5.10. The van der Waals surface area contributed by atoms with Crippen molar-refractivity contribution < 1.29 is 13.9 Å². The van der Waals surface area contributed by atoms with E-state index in [0.29, 0.717) is 6.42 Å². The second-order valence-electron chi connectivity index (χ2n) is 6.52. The molecule has 4 aliphatic rings. The molecule has 92 valence electrons.